The van der Waals surface area contributed by atoms with Gasteiger partial charge in [-0.2, -0.15) is 0 Å². The molecule has 2 aliphatic rings. The van der Waals surface area contributed by atoms with E-state index in [0.717, 1.165) is 6.42 Å². The molecule has 2 fully saturated rings. The van der Waals surface area contributed by atoms with E-state index in [1.807, 2.05) is 0 Å². The molecule has 0 aromatic rings. The van der Waals surface area contributed by atoms with E-state index in [1.165, 1.54) is 19.3 Å². The maximum atomic E-state index is 10.8. The van der Waals surface area contributed by atoms with Gasteiger partial charge in [-0.25, -0.2) is 0 Å². The summed E-state index contributed by atoms with van der Waals surface area (Å²) >= 11 is 0. The Morgan fingerprint density at radius 1 is 1.33 bits per heavy atom. The number of hydrogen-bond donors (Lipinski definition) is 1. The highest BCUT2D eigenvalue weighted by molar-refractivity contribution is 5.85. The van der Waals surface area contributed by atoms with Gasteiger partial charge in [0, 0.05) is 6.04 Å². The van der Waals surface area contributed by atoms with Crippen molar-refractivity contribution in [1.82, 2.24) is 5.32 Å². The summed E-state index contributed by atoms with van der Waals surface area (Å²) in [6, 6.07) is 0.561. The average molecular weight is 125 g/mol. The fraction of sp³-hybridized carbons (Fsp3) is 0.857. The van der Waals surface area contributed by atoms with Crippen LogP contribution in [0.2, 0.25) is 0 Å². The quantitative estimate of drug-likeness (QED) is 0.474. The van der Waals surface area contributed by atoms with E-state index in [1.54, 1.807) is 0 Å². The first-order chi connectivity index (χ1) is 4.38. The van der Waals surface area contributed by atoms with Gasteiger partial charge in [0.1, 0.15) is 0 Å². The second kappa shape index (κ2) is 1.72. The Morgan fingerprint density at radius 3 is 2.67 bits per heavy atom. The molecule has 1 N–H and O–H groups in total. The lowest BCUT2D eigenvalue weighted by Gasteiger charge is -2.40. The first-order valence-electron chi connectivity index (χ1n) is 3.68. The molecule has 1 aliphatic carbocycles. The van der Waals surface area contributed by atoms with Crippen molar-refractivity contribution in [3.63, 3.8) is 0 Å². The van der Waals surface area contributed by atoms with E-state index in [2.05, 4.69) is 5.32 Å². The third-order valence-corrected chi connectivity index (χ3v) is 2.43. The highest BCUT2D eigenvalue weighted by Gasteiger charge is 2.39. The fourth-order valence-corrected chi connectivity index (χ4v) is 1.81. The summed E-state index contributed by atoms with van der Waals surface area (Å²) in [5.41, 5.74) is 0. The Balaban J connectivity index is 2.01. The largest absolute Gasteiger partial charge is 0.352 e. The van der Waals surface area contributed by atoms with Crippen molar-refractivity contribution in [2.45, 2.75) is 31.7 Å². The number of rotatable bonds is 0. The van der Waals surface area contributed by atoms with Gasteiger partial charge in [-0.1, -0.05) is 12.8 Å². The van der Waals surface area contributed by atoms with Gasteiger partial charge in [0.2, 0.25) is 5.91 Å². The van der Waals surface area contributed by atoms with Crippen LogP contribution in [0.3, 0.4) is 0 Å². The monoisotopic (exact) mass is 125 g/mol. The molecule has 0 aromatic carbocycles. The molecule has 50 valence electrons. The fourth-order valence-electron chi connectivity index (χ4n) is 1.81. The van der Waals surface area contributed by atoms with Gasteiger partial charge in [0.15, 0.2) is 0 Å². The molecule has 0 bridgehead atoms. The molecule has 1 heterocycles. The van der Waals surface area contributed by atoms with E-state index in [-0.39, 0.29) is 0 Å². The lowest BCUT2D eigenvalue weighted by atomic mass is 9.78. The molecule has 9 heavy (non-hydrogen) atoms. The molecule has 2 rings (SSSR count). The van der Waals surface area contributed by atoms with Crippen LogP contribution in [-0.2, 0) is 4.79 Å². The highest BCUT2D eigenvalue weighted by Crippen LogP contribution is 2.30. The number of β-lactam (4-membered cyclic amide) rings is 1. The molecule has 1 aliphatic heterocycles. The number of carbonyl (C=O) groups excluding carboxylic acids is 1. The number of amides is 1. The maximum Gasteiger partial charge on any atom is 0.225 e. The van der Waals surface area contributed by atoms with Gasteiger partial charge >= 0.3 is 0 Å². The summed E-state index contributed by atoms with van der Waals surface area (Å²) in [6.45, 7) is 0. The van der Waals surface area contributed by atoms with E-state index >= 15 is 0 Å². The molecule has 0 aromatic heterocycles. The minimum Gasteiger partial charge on any atom is -0.352 e. The van der Waals surface area contributed by atoms with Crippen LogP contribution in [0.5, 0.6) is 0 Å². The van der Waals surface area contributed by atoms with Gasteiger partial charge in [-0.05, 0) is 12.8 Å². The van der Waals surface area contributed by atoms with Crippen molar-refractivity contribution in [3.8, 4) is 0 Å². The summed E-state index contributed by atoms with van der Waals surface area (Å²) < 4.78 is 0. The van der Waals surface area contributed by atoms with Gasteiger partial charge in [-0.3, -0.25) is 4.79 Å². The van der Waals surface area contributed by atoms with E-state index in [9.17, 15) is 4.79 Å². The van der Waals surface area contributed by atoms with Crippen LogP contribution in [0.15, 0.2) is 0 Å². The third kappa shape index (κ3) is 0.655. The lowest BCUT2D eigenvalue weighted by Crippen LogP contribution is -2.59. The molecule has 2 heteroatoms. The van der Waals surface area contributed by atoms with Crippen molar-refractivity contribution < 1.29 is 4.79 Å². The number of carbonyl (C=O) groups is 1. The minimum absolute atomic E-state index is 0.291. The van der Waals surface area contributed by atoms with E-state index < -0.39 is 0 Å². The van der Waals surface area contributed by atoms with Gasteiger partial charge in [-0.15, -0.1) is 0 Å². The van der Waals surface area contributed by atoms with Crippen LogP contribution in [0.1, 0.15) is 25.7 Å². The maximum absolute atomic E-state index is 10.8. The van der Waals surface area contributed by atoms with Crippen LogP contribution >= 0.6 is 0 Å². The van der Waals surface area contributed by atoms with Gasteiger partial charge in [0.05, 0.1) is 5.92 Å². The normalized spacial score (nSPS) is 40.7. The van der Waals surface area contributed by atoms with Crippen LogP contribution in [0, 0.1) is 5.92 Å². The first-order valence-corrected chi connectivity index (χ1v) is 3.68. The standard InChI is InChI=1S/C7H11NO/c9-7-5-3-1-2-4-6(5)8-7/h5-6H,1-4H2,(H,8,9)/t5-,6-/m0/s1. The topological polar surface area (TPSA) is 29.1 Å². The molecule has 1 saturated heterocycles. The van der Waals surface area contributed by atoms with E-state index in [4.69, 9.17) is 0 Å². The zero-order chi connectivity index (χ0) is 6.27. The van der Waals surface area contributed by atoms with Gasteiger partial charge < -0.3 is 5.32 Å². The molecule has 1 saturated carbocycles. The van der Waals surface area contributed by atoms with Crippen molar-refractivity contribution >= 4 is 5.91 Å². The van der Waals surface area contributed by atoms with Crippen molar-refractivity contribution in [1.29, 1.82) is 0 Å². The minimum atomic E-state index is 0.291. The molecule has 0 unspecified atom stereocenters. The number of nitrogens with one attached hydrogen (secondary N) is 1. The Labute approximate surface area is 54.6 Å². The molecule has 1 amide bonds. The molecular weight excluding hydrogens is 114 g/mol. The van der Waals surface area contributed by atoms with Crippen LogP contribution < -0.4 is 5.32 Å². The summed E-state index contributed by atoms with van der Waals surface area (Å²) in [5.74, 6) is 0.693. The lowest BCUT2D eigenvalue weighted by molar-refractivity contribution is -0.136. The summed E-state index contributed by atoms with van der Waals surface area (Å²) in [5, 5.41) is 2.91. The van der Waals surface area contributed by atoms with Crippen molar-refractivity contribution in [3.05, 3.63) is 0 Å². The Morgan fingerprint density at radius 2 is 2.11 bits per heavy atom. The van der Waals surface area contributed by atoms with Gasteiger partial charge in [0.25, 0.3) is 0 Å². The SMILES string of the molecule is O=C1N[C@H]2CCCC[C@H]12. The molecule has 0 spiro atoms. The van der Waals surface area contributed by atoms with Crippen molar-refractivity contribution in [2.75, 3.05) is 0 Å². The highest BCUT2D eigenvalue weighted by atomic mass is 16.2. The van der Waals surface area contributed by atoms with E-state index in [0.29, 0.717) is 17.9 Å². The number of fused-ring (bicyclic) bond motifs is 1. The van der Waals surface area contributed by atoms with Crippen LogP contribution in [0.25, 0.3) is 0 Å². The summed E-state index contributed by atoms with van der Waals surface area (Å²) in [7, 11) is 0. The predicted octanol–water partition coefficient (Wildman–Crippen LogP) is 0.675. The number of hydrogen-bond acceptors (Lipinski definition) is 1. The molecule has 2 atom stereocenters. The smallest absolute Gasteiger partial charge is 0.225 e. The predicted molar refractivity (Wildman–Crippen MR) is 33.9 cm³/mol. The molecule has 2 nitrogen and oxygen atoms in total. The Bertz CT molecular complexity index is 144. The van der Waals surface area contributed by atoms with Crippen molar-refractivity contribution in [2.24, 2.45) is 5.92 Å². The second-order valence-corrected chi connectivity index (χ2v) is 3.01. The first kappa shape index (κ1) is 5.27. The summed E-state index contributed by atoms with van der Waals surface area (Å²) in [4.78, 5) is 10.8. The zero-order valence-electron chi connectivity index (χ0n) is 5.39. The Kier molecular flexibility index (Phi) is 1.01. The zero-order valence-corrected chi connectivity index (χ0v) is 5.39. The molecule has 0 radical (unpaired) electrons. The Hall–Kier alpha value is -0.530. The van der Waals surface area contributed by atoms with Crippen LogP contribution in [-0.4, -0.2) is 11.9 Å². The summed E-state index contributed by atoms with van der Waals surface area (Å²) in [6.07, 6.45) is 4.92. The average Bonchev–Trinajstić information content (AvgIpc) is 1.86. The second-order valence-electron chi connectivity index (χ2n) is 3.01. The third-order valence-electron chi connectivity index (χ3n) is 2.43. The van der Waals surface area contributed by atoms with Crippen LogP contribution in [0.4, 0.5) is 0 Å². The molecular formula is C7H11NO.